The maximum absolute atomic E-state index is 13.5. The van der Waals surface area contributed by atoms with Crippen LogP contribution < -0.4 is 20.1 Å². The Kier molecular flexibility index (Phi) is 6.53. The highest BCUT2D eigenvalue weighted by molar-refractivity contribution is 6.05. The summed E-state index contributed by atoms with van der Waals surface area (Å²) in [5.41, 5.74) is 1.15. The van der Waals surface area contributed by atoms with E-state index in [4.69, 9.17) is 9.47 Å². The summed E-state index contributed by atoms with van der Waals surface area (Å²) >= 11 is 0. The van der Waals surface area contributed by atoms with Gasteiger partial charge in [0.15, 0.2) is 18.2 Å². The first kappa shape index (κ1) is 20.7. The van der Waals surface area contributed by atoms with Crippen molar-refractivity contribution in [3.8, 4) is 11.5 Å². The first-order valence-electron chi connectivity index (χ1n) is 8.73. The number of carbonyl (C=O) groups is 2. The van der Waals surface area contributed by atoms with E-state index in [0.717, 1.165) is 12.1 Å². The van der Waals surface area contributed by atoms with Gasteiger partial charge < -0.3 is 20.1 Å². The normalized spacial score (nSPS) is 10.2. The molecule has 0 saturated carbocycles. The number of hydrogen-bond donors (Lipinski definition) is 2. The average Bonchev–Trinajstić information content (AvgIpc) is 2.74. The van der Waals surface area contributed by atoms with E-state index in [0.29, 0.717) is 28.8 Å². The molecule has 3 rings (SSSR count). The summed E-state index contributed by atoms with van der Waals surface area (Å²) in [7, 11) is 1.42. The predicted octanol–water partition coefficient (Wildman–Crippen LogP) is 3.64. The monoisotopic (exact) mass is 413 g/mol. The average molecular weight is 413 g/mol. The zero-order valence-electron chi connectivity index (χ0n) is 15.8. The molecule has 3 aromatic rings. The lowest BCUT2D eigenvalue weighted by Gasteiger charge is -2.13. The third kappa shape index (κ3) is 5.28. The molecule has 9 heteroatoms. The number of anilines is 2. The highest BCUT2D eigenvalue weighted by Gasteiger charge is 2.13. The Labute approximate surface area is 170 Å². The zero-order chi connectivity index (χ0) is 21.5. The lowest BCUT2D eigenvalue weighted by Crippen LogP contribution is -2.20. The van der Waals surface area contributed by atoms with Gasteiger partial charge >= 0.3 is 0 Å². The summed E-state index contributed by atoms with van der Waals surface area (Å²) in [5, 5.41) is 5.27. The van der Waals surface area contributed by atoms with Crippen molar-refractivity contribution in [2.45, 2.75) is 0 Å². The first-order valence-corrected chi connectivity index (χ1v) is 8.73. The van der Waals surface area contributed by atoms with Crippen LogP contribution in [0, 0.1) is 11.6 Å². The van der Waals surface area contributed by atoms with Crippen LogP contribution in [0.5, 0.6) is 11.5 Å². The molecule has 2 N–H and O–H groups in total. The molecule has 1 aromatic heterocycles. The van der Waals surface area contributed by atoms with Gasteiger partial charge in [0.05, 0.1) is 18.4 Å². The summed E-state index contributed by atoms with van der Waals surface area (Å²) in [6.07, 6.45) is 2.99. The summed E-state index contributed by atoms with van der Waals surface area (Å²) < 4.78 is 36.8. The molecule has 0 aliphatic heterocycles. The highest BCUT2D eigenvalue weighted by atomic mass is 19.1. The predicted molar refractivity (Wildman–Crippen MR) is 106 cm³/mol. The number of aromatic nitrogens is 1. The second-order valence-electron chi connectivity index (χ2n) is 6.02. The highest BCUT2D eigenvalue weighted by Crippen LogP contribution is 2.28. The number of ether oxygens (including phenoxy) is 2. The topological polar surface area (TPSA) is 89.5 Å². The molecule has 0 saturated heterocycles. The number of methoxy groups -OCH3 is 1. The van der Waals surface area contributed by atoms with Crippen molar-refractivity contribution in [3.05, 3.63) is 78.1 Å². The molecule has 0 spiro atoms. The molecule has 0 atom stereocenters. The maximum atomic E-state index is 13.5. The van der Waals surface area contributed by atoms with Crippen LogP contribution in [0.2, 0.25) is 0 Å². The fourth-order valence-corrected chi connectivity index (χ4v) is 2.50. The van der Waals surface area contributed by atoms with Crippen molar-refractivity contribution in [1.29, 1.82) is 0 Å². The van der Waals surface area contributed by atoms with E-state index in [1.165, 1.54) is 19.4 Å². The van der Waals surface area contributed by atoms with Crippen LogP contribution in [0.25, 0.3) is 0 Å². The minimum absolute atomic E-state index is 0.238. The number of benzene rings is 2. The number of carbonyl (C=O) groups excluding carboxylic acids is 2. The van der Waals surface area contributed by atoms with E-state index >= 15 is 0 Å². The first-order chi connectivity index (χ1) is 14.5. The van der Waals surface area contributed by atoms with Crippen LogP contribution >= 0.6 is 0 Å². The molecule has 1 heterocycles. The van der Waals surface area contributed by atoms with E-state index in [-0.39, 0.29) is 11.7 Å². The molecular weight excluding hydrogens is 396 g/mol. The fourth-order valence-electron chi connectivity index (χ4n) is 2.50. The van der Waals surface area contributed by atoms with Crippen LogP contribution in [0.3, 0.4) is 0 Å². The van der Waals surface area contributed by atoms with Gasteiger partial charge in [0.1, 0.15) is 11.6 Å². The minimum atomic E-state index is -0.904. The van der Waals surface area contributed by atoms with Gasteiger partial charge in [-0.2, -0.15) is 0 Å². The molecule has 0 aliphatic rings. The molecular formula is C21H17F2N3O4. The molecule has 154 valence electrons. The van der Waals surface area contributed by atoms with Crippen molar-refractivity contribution in [3.63, 3.8) is 0 Å². The second kappa shape index (κ2) is 9.46. The van der Waals surface area contributed by atoms with Gasteiger partial charge in [-0.1, -0.05) is 0 Å². The molecule has 30 heavy (non-hydrogen) atoms. The number of amides is 2. The second-order valence-corrected chi connectivity index (χ2v) is 6.02. The Morgan fingerprint density at radius 2 is 1.87 bits per heavy atom. The van der Waals surface area contributed by atoms with E-state index in [1.807, 2.05) is 0 Å². The van der Waals surface area contributed by atoms with Gasteiger partial charge in [-0.15, -0.1) is 0 Å². The molecule has 0 fully saturated rings. The smallest absolute Gasteiger partial charge is 0.262 e. The van der Waals surface area contributed by atoms with Gasteiger partial charge in [-0.3, -0.25) is 14.6 Å². The van der Waals surface area contributed by atoms with Gasteiger partial charge in [0, 0.05) is 30.2 Å². The molecule has 0 aliphatic carbocycles. The largest absolute Gasteiger partial charge is 0.494 e. The van der Waals surface area contributed by atoms with Gasteiger partial charge in [-0.05, 0) is 36.4 Å². The molecule has 7 nitrogen and oxygen atoms in total. The molecule has 2 aromatic carbocycles. The summed E-state index contributed by atoms with van der Waals surface area (Å²) in [6, 6.07) is 10.7. The standard InChI is InChI=1S/C21H17F2N3O4/c1-29-19-10-15(5-6-17(19)26-21(28)13-3-2-8-24-11-13)25-20(27)12-30-18-7-4-14(22)9-16(18)23/h2-11H,12H2,1H3,(H,25,27)(H,26,28). The van der Waals surface area contributed by atoms with E-state index in [2.05, 4.69) is 15.6 Å². The van der Waals surface area contributed by atoms with Crippen LogP contribution in [-0.4, -0.2) is 30.5 Å². The Bertz CT molecular complexity index is 1060. The van der Waals surface area contributed by atoms with Gasteiger partial charge in [0.25, 0.3) is 11.8 Å². The quantitative estimate of drug-likeness (QED) is 0.617. The number of hydrogen-bond acceptors (Lipinski definition) is 5. The van der Waals surface area contributed by atoms with E-state index in [1.54, 1.807) is 30.5 Å². The van der Waals surface area contributed by atoms with E-state index < -0.39 is 24.1 Å². The van der Waals surface area contributed by atoms with Gasteiger partial charge in [-0.25, -0.2) is 8.78 Å². The Morgan fingerprint density at radius 3 is 2.57 bits per heavy atom. The van der Waals surface area contributed by atoms with Crippen molar-refractivity contribution in [1.82, 2.24) is 4.98 Å². The number of nitrogens with one attached hydrogen (secondary N) is 2. The van der Waals surface area contributed by atoms with Crippen LogP contribution in [0.4, 0.5) is 20.2 Å². The maximum Gasteiger partial charge on any atom is 0.262 e. The fraction of sp³-hybridized carbons (Fsp3) is 0.0952. The van der Waals surface area contributed by atoms with E-state index in [9.17, 15) is 18.4 Å². The Morgan fingerprint density at radius 1 is 1.03 bits per heavy atom. The van der Waals surface area contributed by atoms with Gasteiger partial charge in [0.2, 0.25) is 0 Å². The lowest BCUT2D eigenvalue weighted by molar-refractivity contribution is -0.118. The molecule has 0 unspecified atom stereocenters. The number of nitrogens with zero attached hydrogens (tertiary/aromatic N) is 1. The Balaban J connectivity index is 1.62. The number of rotatable bonds is 7. The molecule has 0 radical (unpaired) electrons. The van der Waals surface area contributed by atoms with Crippen molar-refractivity contribution in [2.75, 3.05) is 24.4 Å². The SMILES string of the molecule is COc1cc(NC(=O)COc2ccc(F)cc2F)ccc1NC(=O)c1cccnc1. The van der Waals surface area contributed by atoms with Crippen LogP contribution in [-0.2, 0) is 4.79 Å². The van der Waals surface area contributed by atoms with Crippen LogP contribution in [0.1, 0.15) is 10.4 Å². The number of halogens is 2. The summed E-state index contributed by atoms with van der Waals surface area (Å²) in [6.45, 7) is -0.482. The molecule has 0 bridgehead atoms. The summed E-state index contributed by atoms with van der Waals surface area (Å²) in [4.78, 5) is 28.2. The zero-order valence-corrected chi connectivity index (χ0v) is 15.8. The number of pyridine rings is 1. The van der Waals surface area contributed by atoms with Crippen molar-refractivity contribution >= 4 is 23.2 Å². The third-order valence-electron chi connectivity index (χ3n) is 3.91. The molecule has 2 amide bonds. The van der Waals surface area contributed by atoms with Crippen LogP contribution in [0.15, 0.2) is 60.9 Å². The van der Waals surface area contributed by atoms with Crippen molar-refractivity contribution < 1.29 is 27.8 Å². The lowest BCUT2D eigenvalue weighted by atomic mass is 10.2. The Hall–Kier alpha value is -4.01. The third-order valence-corrected chi connectivity index (χ3v) is 3.91. The minimum Gasteiger partial charge on any atom is -0.494 e. The van der Waals surface area contributed by atoms with Crippen molar-refractivity contribution in [2.24, 2.45) is 0 Å². The summed E-state index contributed by atoms with van der Waals surface area (Å²) in [5.74, 6) is -2.50.